The molecular weight excluding hydrogens is 320 g/mol. The van der Waals surface area contributed by atoms with Crippen LogP contribution in [0.3, 0.4) is 0 Å². The van der Waals surface area contributed by atoms with Crippen molar-refractivity contribution in [3.05, 3.63) is 18.2 Å². The Morgan fingerprint density at radius 2 is 2.13 bits per heavy atom. The largest absolute Gasteiger partial charge is 0.493 e. The zero-order valence-electron chi connectivity index (χ0n) is 13.6. The average Bonchev–Trinajstić information content (AvgIpc) is 2.56. The summed E-state index contributed by atoms with van der Waals surface area (Å²) in [7, 11) is 3.21. The molecule has 0 radical (unpaired) electrons. The molecule has 1 aliphatic rings. The van der Waals surface area contributed by atoms with Gasteiger partial charge in [-0.25, -0.2) is 0 Å². The standard InChI is InChI=1S/C16H24N2O4.ClH/c1-20-8-9-22-15-10-13(5-6-14(15)21-2)18-16(19)12-4-3-7-17-11-12;/h5-6,10,12,17H,3-4,7-9,11H2,1-2H3,(H,18,19);1H. The van der Waals surface area contributed by atoms with Gasteiger partial charge in [0.05, 0.1) is 19.6 Å². The van der Waals surface area contributed by atoms with Gasteiger partial charge < -0.3 is 24.8 Å². The highest BCUT2D eigenvalue weighted by atomic mass is 35.5. The van der Waals surface area contributed by atoms with Gasteiger partial charge in [-0.1, -0.05) is 0 Å². The third-order valence-electron chi connectivity index (χ3n) is 3.64. The minimum absolute atomic E-state index is 0. The lowest BCUT2D eigenvalue weighted by Gasteiger charge is -2.22. The fraction of sp³-hybridized carbons (Fsp3) is 0.562. The summed E-state index contributed by atoms with van der Waals surface area (Å²) in [6, 6.07) is 5.38. The molecule has 1 aromatic carbocycles. The molecule has 0 spiro atoms. The predicted octanol–water partition coefficient (Wildman–Crippen LogP) is 2.08. The van der Waals surface area contributed by atoms with Crippen molar-refractivity contribution in [2.75, 3.05) is 45.8 Å². The second-order valence-electron chi connectivity index (χ2n) is 5.24. The number of piperidine rings is 1. The molecule has 0 aliphatic carbocycles. The maximum atomic E-state index is 12.3. The van der Waals surface area contributed by atoms with Crippen molar-refractivity contribution in [3.8, 4) is 11.5 Å². The first-order valence-corrected chi connectivity index (χ1v) is 7.56. The van der Waals surface area contributed by atoms with Crippen molar-refractivity contribution in [1.29, 1.82) is 0 Å². The number of nitrogens with one attached hydrogen (secondary N) is 2. The number of anilines is 1. The number of rotatable bonds is 7. The van der Waals surface area contributed by atoms with E-state index in [0.717, 1.165) is 25.9 Å². The van der Waals surface area contributed by atoms with E-state index in [9.17, 15) is 4.79 Å². The number of methoxy groups -OCH3 is 2. The number of carbonyl (C=O) groups excluding carboxylic acids is 1. The molecule has 1 heterocycles. The maximum absolute atomic E-state index is 12.3. The maximum Gasteiger partial charge on any atom is 0.228 e. The van der Waals surface area contributed by atoms with Gasteiger partial charge >= 0.3 is 0 Å². The van der Waals surface area contributed by atoms with E-state index < -0.39 is 0 Å². The van der Waals surface area contributed by atoms with E-state index in [4.69, 9.17) is 14.2 Å². The molecule has 1 atom stereocenters. The monoisotopic (exact) mass is 344 g/mol. The summed E-state index contributed by atoms with van der Waals surface area (Å²) in [5, 5.41) is 6.19. The molecule has 130 valence electrons. The van der Waals surface area contributed by atoms with Crippen molar-refractivity contribution in [1.82, 2.24) is 5.32 Å². The first-order valence-electron chi connectivity index (χ1n) is 7.56. The number of hydrogen-bond donors (Lipinski definition) is 2. The average molecular weight is 345 g/mol. The lowest BCUT2D eigenvalue weighted by Crippen LogP contribution is -2.37. The van der Waals surface area contributed by atoms with E-state index in [1.54, 1.807) is 26.4 Å². The van der Waals surface area contributed by atoms with Crippen LogP contribution in [-0.2, 0) is 9.53 Å². The van der Waals surface area contributed by atoms with Gasteiger partial charge in [-0.2, -0.15) is 0 Å². The summed E-state index contributed by atoms with van der Waals surface area (Å²) in [5.74, 6) is 1.29. The van der Waals surface area contributed by atoms with Crippen LogP contribution in [0.2, 0.25) is 0 Å². The molecule has 6 nitrogen and oxygen atoms in total. The van der Waals surface area contributed by atoms with Crippen LogP contribution in [0.25, 0.3) is 0 Å². The topological polar surface area (TPSA) is 68.8 Å². The zero-order chi connectivity index (χ0) is 15.8. The van der Waals surface area contributed by atoms with E-state index in [2.05, 4.69) is 10.6 Å². The van der Waals surface area contributed by atoms with Gasteiger partial charge in [-0.3, -0.25) is 4.79 Å². The van der Waals surface area contributed by atoms with Crippen LogP contribution in [-0.4, -0.2) is 46.4 Å². The van der Waals surface area contributed by atoms with Crippen molar-refractivity contribution in [2.45, 2.75) is 12.8 Å². The van der Waals surface area contributed by atoms with Crippen LogP contribution in [0, 0.1) is 5.92 Å². The van der Waals surface area contributed by atoms with Gasteiger partial charge in [0, 0.05) is 25.4 Å². The molecule has 23 heavy (non-hydrogen) atoms. The lowest BCUT2D eigenvalue weighted by atomic mass is 9.99. The Hall–Kier alpha value is -1.50. The van der Waals surface area contributed by atoms with E-state index in [0.29, 0.717) is 30.4 Å². The van der Waals surface area contributed by atoms with Gasteiger partial charge in [-0.15, -0.1) is 12.4 Å². The molecule has 0 saturated carbocycles. The Morgan fingerprint density at radius 3 is 2.78 bits per heavy atom. The van der Waals surface area contributed by atoms with Crippen molar-refractivity contribution < 1.29 is 19.0 Å². The SMILES string of the molecule is COCCOc1cc(NC(=O)C2CCCNC2)ccc1OC.Cl. The van der Waals surface area contributed by atoms with Gasteiger partial charge in [0.15, 0.2) is 11.5 Å². The summed E-state index contributed by atoms with van der Waals surface area (Å²) >= 11 is 0. The van der Waals surface area contributed by atoms with Crippen LogP contribution in [0.4, 0.5) is 5.69 Å². The summed E-state index contributed by atoms with van der Waals surface area (Å²) in [4.78, 5) is 12.3. The minimum Gasteiger partial charge on any atom is -0.493 e. The Bertz CT molecular complexity index is 493. The number of ether oxygens (including phenoxy) is 3. The summed E-state index contributed by atoms with van der Waals surface area (Å²) < 4.78 is 15.9. The van der Waals surface area contributed by atoms with Crippen LogP contribution in [0.15, 0.2) is 18.2 Å². The molecule has 1 amide bonds. The van der Waals surface area contributed by atoms with Crippen LogP contribution >= 0.6 is 12.4 Å². The van der Waals surface area contributed by atoms with E-state index in [1.807, 2.05) is 6.07 Å². The molecule has 2 rings (SSSR count). The molecule has 7 heteroatoms. The highest BCUT2D eigenvalue weighted by molar-refractivity contribution is 5.93. The Kier molecular flexibility index (Phi) is 8.76. The Labute approximate surface area is 143 Å². The molecule has 1 saturated heterocycles. The van der Waals surface area contributed by atoms with Gasteiger partial charge in [0.1, 0.15) is 6.61 Å². The van der Waals surface area contributed by atoms with Crippen molar-refractivity contribution in [2.24, 2.45) is 5.92 Å². The smallest absolute Gasteiger partial charge is 0.228 e. The fourth-order valence-electron chi connectivity index (χ4n) is 2.42. The van der Waals surface area contributed by atoms with Crippen LogP contribution in [0.5, 0.6) is 11.5 Å². The van der Waals surface area contributed by atoms with Gasteiger partial charge in [-0.05, 0) is 31.5 Å². The predicted molar refractivity (Wildman–Crippen MR) is 91.8 cm³/mol. The highest BCUT2D eigenvalue weighted by Gasteiger charge is 2.21. The van der Waals surface area contributed by atoms with E-state index in [-0.39, 0.29) is 24.2 Å². The normalized spacial score (nSPS) is 17.0. The second-order valence-corrected chi connectivity index (χ2v) is 5.24. The number of benzene rings is 1. The van der Waals surface area contributed by atoms with Gasteiger partial charge in [0.25, 0.3) is 0 Å². The third-order valence-corrected chi connectivity index (χ3v) is 3.64. The number of carbonyl (C=O) groups is 1. The highest BCUT2D eigenvalue weighted by Crippen LogP contribution is 2.30. The number of halogens is 1. The quantitative estimate of drug-likeness (QED) is 0.741. The molecule has 0 bridgehead atoms. The molecule has 1 aromatic rings. The molecule has 1 aliphatic heterocycles. The second kappa shape index (κ2) is 10.3. The Balaban J connectivity index is 0.00000264. The summed E-state index contributed by atoms with van der Waals surface area (Å²) in [6.07, 6.45) is 1.96. The van der Waals surface area contributed by atoms with Crippen molar-refractivity contribution >= 4 is 24.0 Å². The molecule has 2 N–H and O–H groups in total. The molecular formula is C16H25ClN2O4. The fourth-order valence-corrected chi connectivity index (χ4v) is 2.42. The molecule has 1 unspecified atom stereocenters. The minimum atomic E-state index is 0. The first kappa shape index (κ1) is 19.5. The van der Waals surface area contributed by atoms with E-state index >= 15 is 0 Å². The first-order chi connectivity index (χ1) is 10.7. The lowest BCUT2D eigenvalue weighted by molar-refractivity contribution is -0.120. The molecule has 1 fully saturated rings. The van der Waals surface area contributed by atoms with Gasteiger partial charge in [0.2, 0.25) is 5.91 Å². The number of hydrogen-bond acceptors (Lipinski definition) is 5. The third kappa shape index (κ3) is 5.89. The van der Waals surface area contributed by atoms with Crippen LogP contribution < -0.4 is 20.1 Å². The Morgan fingerprint density at radius 1 is 1.30 bits per heavy atom. The van der Waals surface area contributed by atoms with E-state index in [1.165, 1.54) is 0 Å². The van der Waals surface area contributed by atoms with Crippen LogP contribution in [0.1, 0.15) is 12.8 Å². The van der Waals surface area contributed by atoms with Crippen molar-refractivity contribution in [3.63, 3.8) is 0 Å². The number of amides is 1. The molecule has 0 aromatic heterocycles. The summed E-state index contributed by atoms with van der Waals surface area (Å²) in [5.41, 5.74) is 0.712. The summed E-state index contributed by atoms with van der Waals surface area (Å²) in [6.45, 7) is 2.65. The zero-order valence-corrected chi connectivity index (χ0v) is 14.4.